The average molecular weight is 199 g/mol. The van der Waals surface area contributed by atoms with Gasteiger partial charge in [-0.15, -0.1) is 0 Å². The van der Waals surface area contributed by atoms with Gasteiger partial charge in [-0.1, -0.05) is 0 Å². The van der Waals surface area contributed by atoms with Gasteiger partial charge in [-0.2, -0.15) is 11.8 Å². The number of thioether (sulfide) groups is 1. The maximum absolute atomic E-state index is 11.3. The Balaban J connectivity index is 2.11. The Labute approximate surface area is 81.6 Å². The van der Waals surface area contributed by atoms with Crippen LogP contribution in [0.3, 0.4) is 0 Å². The molecule has 0 aromatic rings. The molecule has 0 saturated carbocycles. The second-order valence-corrected chi connectivity index (χ2v) is 5.06. The van der Waals surface area contributed by atoms with Gasteiger partial charge in [0, 0.05) is 12.0 Å². The molecule has 0 aromatic heterocycles. The molecule has 0 bridgehead atoms. The number of rotatable bonds is 0. The predicted molar refractivity (Wildman–Crippen MR) is 51.7 cm³/mol. The van der Waals surface area contributed by atoms with Crippen LogP contribution < -0.4 is 5.32 Å². The van der Waals surface area contributed by atoms with Crippen molar-refractivity contribution in [3.05, 3.63) is 0 Å². The average Bonchev–Trinajstić information content (AvgIpc) is 2.02. The molecule has 2 fully saturated rings. The standard InChI is InChI=1S/C9H13NO2S/c11-7-5-8(12)10-9(6-7)1-3-13-4-2-9/h1-6H2,(H,10,12). The third-order valence-corrected chi connectivity index (χ3v) is 3.73. The van der Waals surface area contributed by atoms with Gasteiger partial charge >= 0.3 is 0 Å². The normalized spacial score (nSPS) is 27.4. The molecule has 2 rings (SSSR count). The highest BCUT2D eigenvalue weighted by Gasteiger charge is 2.39. The van der Waals surface area contributed by atoms with Crippen molar-refractivity contribution in [2.24, 2.45) is 0 Å². The minimum atomic E-state index is -0.169. The molecule has 72 valence electrons. The van der Waals surface area contributed by atoms with E-state index in [1.54, 1.807) is 0 Å². The van der Waals surface area contributed by atoms with E-state index in [1.165, 1.54) is 0 Å². The molecule has 1 amide bonds. The minimum Gasteiger partial charge on any atom is -0.350 e. The zero-order valence-electron chi connectivity index (χ0n) is 7.47. The molecule has 2 saturated heterocycles. The largest absolute Gasteiger partial charge is 0.350 e. The van der Waals surface area contributed by atoms with Gasteiger partial charge in [0.25, 0.3) is 0 Å². The van der Waals surface area contributed by atoms with Crippen molar-refractivity contribution in [3.8, 4) is 0 Å². The molecular weight excluding hydrogens is 186 g/mol. The summed E-state index contributed by atoms with van der Waals surface area (Å²) in [6.45, 7) is 0. The van der Waals surface area contributed by atoms with Gasteiger partial charge in [-0.05, 0) is 24.3 Å². The second-order valence-electron chi connectivity index (χ2n) is 3.83. The summed E-state index contributed by atoms with van der Waals surface area (Å²) >= 11 is 1.90. The molecule has 2 aliphatic heterocycles. The summed E-state index contributed by atoms with van der Waals surface area (Å²) in [6.07, 6.45) is 2.55. The van der Waals surface area contributed by atoms with Crippen molar-refractivity contribution in [3.63, 3.8) is 0 Å². The Kier molecular flexibility index (Phi) is 2.32. The van der Waals surface area contributed by atoms with Crippen LogP contribution in [0.25, 0.3) is 0 Å². The zero-order valence-corrected chi connectivity index (χ0v) is 8.28. The number of carbonyl (C=O) groups is 2. The molecule has 0 aliphatic carbocycles. The van der Waals surface area contributed by atoms with Crippen LogP contribution in [0.2, 0.25) is 0 Å². The molecule has 3 nitrogen and oxygen atoms in total. The van der Waals surface area contributed by atoms with Crippen LogP contribution >= 0.6 is 11.8 Å². The molecular formula is C9H13NO2S. The van der Waals surface area contributed by atoms with E-state index in [1.807, 2.05) is 11.8 Å². The number of hydrogen-bond donors (Lipinski definition) is 1. The van der Waals surface area contributed by atoms with Crippen molar-refractivity contribution < 1.29 is 9.59 Å². The van der Waals surface area contributed by atoms with E-state index >= 15 is 0 Å². The van der Waals surface area contributed by atoms with Gasteiger partial charge in [-0.25, -0.2) is 0 Å². The fraction of sp³-hybridized carbons (Fsp3) is 0.778. The highest BCUT2D eigenvalue weighted by molar-refractivity contribution is 7.99. The van der Waals surface area contributed by atoms with Crippen molar-refractivity contribution in [1.82, 2.24) is 5.32 Å². The highest BCUT2D eigenvalue weighted by atomic mass is 32.2. The Hall–Kier alpha value is -0.510. The van der Waals surface area contributed by atoms with Crippen LogP contribution in [0.15, 0.2) is 0 Å². The van der Waals surface area contributed by atoms with Crippen LogP contribution in [-0.4, -0.2) is 28.7 Å². The lowest BCUT2D eigenvalue weighted by Crippen LogP contribution is -2.55. The van der Waals surface area contributed by atoms with Crippen LogP contribution in [-0.2, 0) is 9.59 Å². The molecule has 0 radical (unpaired) electrons. The van der Waals surface area contributed by atoms with E-state index in [9.17, 15) is 9.59 Å². The van der Waals surface area contributed by atoms with Gasteiger partial charge < -0.3 is 5.32 Å². The van der Waals surface area contributed by atoms with Crippen molar-refractivity contribution in [2.75, 3.05) is 11.5 Å². The van der Waals surface area contributed by atoms with Gasteiger partial charge in [0.1, 0.15) is 5.78 Å². The maximum Gasteiger partial charge on any atom is 0.227 e. The van der Waals surface area contributed by atoms with E-state index in [4.69, 9.17) is 0 Å². The van der Waals surface area contributed by atoms with E-state index in [0.29, 0.717) is 6.42 Å². The van der Waals surface area contributed by atoms with Crippen LogP contribution in [0.4, 0.5) is 0 Å². The maximum atomic E-state index is 11.3. The summed E-state index contributed by atoms with van der Waals surface area (Å²) in [5.74, 6) is 2.15. The number of hydrogen-bond acceptors (Lipinski definition) is 3. The summed E-state index contributed by atoms with van der Waals surface area (Å²) in [6, 6.07) is 0. The molecule has 1 spiro atoms. The number of amides is 1. The molecule has 2 aliphatic rings. The Bertz CT molecular complexity index is 228. The van der Waals surface area contributed by atoms with E-state index < -0.39 is 0 Å². The first-order valence-corrected chi connectivity index (χ1v) is 5.76. The number of ketones is 1. The van der Waals surface area contributed by atoms with Crippen molar-refractivity contribution in [2.45, 2.75) is 31.2 Å². The lowest BCUT2D eigenvalue weighted by atomic mass is 9.83. The summed E-state index contributed by atoms with van der Waals surface area (Å²) in [5.41, 5.74) is -0.169. The Morgan fingerprint density at radius 3 is 2.54 bits per heavy atom. The lowest BCUT2D eigenvalue weighted by Gasteiger charge is -2.40. The van der Waals surface area contributed by atoms with Crippen molar-refractivity contribution in [1.29, 1.82) is 0 Å². The van der Waals surface area contributed by atoms with Crippen LogP contribution in [0.1, 0.15) is 25.7 Å². The molecule has 0 aromatic carbocycles. The first kappa shape index (κ1) is 9.06. The Morgan fingerprint density at radius 1 is 1.23 bits per heavy atom. The fourth-order valence-corrected chi connectivity index (χ4v) is 3.34. The summed E-state index contributed by atoms with van der Waals surface area (Å²) in [5, 5.41) is 2.99. The third kappa shape index (κ3) is 1.88. The first-order valence-electron chi connectivity index (χ1n) is 4.61. The van der Waals surface area contributed by atoms with E-state index in [0.717, 1.165) is 24.3 Å². The summed E-state index contributed by atoms with van der Waals surface area (Å²) < 4.78 is 0. The van der Waals surface area contributed by atoms with Gasteiger partial charge in [0.2, 0.25) is 5.91 Å². The van der Waals surface area contributed by atoms with Crippen LogP contribution in [0.5, 0.6) is 0 Å². The monoisotopic (exact) mass is 199 g/mol. The second kappa shape index (κ2) is 3.33. The molecule has 0 unspecified atom stereocenters. The minimum absolute atomic E-state index is 0.0804. The third-order valence-electron chi connectivity index (χ3n) is 2.75. The van der Waals surface area contributed by atoms with Gasteiger partial charge in [-0.3, -0.25) is 9.59 Å². The number of Topliss-reactive ketones (excluding diaryl/α,β-unsaturated/α-hetero) is 1. The van der Waals surface area contributed by atoms with Gasteiger partial charge in [0.15, 0.2) is 0 Å². The topological polar surface area (TPSA) is 46.2 Å². The molecule has 13 heavy (non-hydrogen) atoms. The number of nitrogens with one attached hydrogen (secondary N) is 1. The number of carbonyl (C=O) groups excluding carboxylic acids is 2. The van der Waals surface area contributed by atoms with E-state index in [-0.39, 0.29) is 23.7 Å². The first-order chi connectivity index (χ1) is 6.20. The summed E-state index contributed by atoms with van der Waals surface area (Å²) in [4.78, 5) is 22.5. The van der Waals surface area contributed by atoms with Gasteiger partial charge in [0.05, 0.1) is 6.42 Å². The lowest BCUT2D eigenvalue weighted by molar-refractivity contribution is -0.134. The Morgan fingerprint density at radius 2 is 1.92 bits per heavy atom. The highest BCUT2D eigenvalue weighted by Crippen LogP contribution is 2.32. The summed E-state index contributed by atoms with van der Waals surface area (Å²) in [7, 11) is 0. The smallest absolute Gasteiger partial charge is 0.227 e. The quantitative estimate of drug-likeness (QED) is 0.585. The SMILES string of the molecule is O=C1CC(=O)NC2(CCSCC2)C1. The van der Waals surface area contributed by atoms with E-state index in [2.05, 4.69) is 5.32 Å². The number of piperidine rings is 1. The molecule has 1 N–H and O–H groups in total. The molecule has 2 heterocycles. The molecule has 0 atom stereocenters. The van der Waals surface area contributed by atoms with Crippen molar-refractivity contribution >= 4 is 23.5 Å². The fourth-order valence-electron chi connectivity index (χ4n) is 2.07. The zero-order chi connectivity index (χ0) is 9.31. The predicted octanol–water partition coefficient (Wildman–Crippen LogP) is 0.731. The van der Waals surface area contributed by atoms with Crippen LogP contribution in [0, 0.1) is 0 Å². The molecule has 4 heteroatoms.